The number of imide groups is 2. The summed E-state index contributed by atoms with van der Waals surface area (Å²) in [5.41, 5.74) is 2.82. The fourth-order valence-electron chi connectivity index (χ4n) is 9.10. The van der Waals surface area contributed by atoms with Crippen LogP contribution in [0.15, 0.2) is 107 Å². The van der Waals surface area contributed by atoms with Gasteiger partial charge in [-0.2, -0.15) is 10.2 Å². The lowest BCUT2D eigenvalue weighted by Crippen LogP contribution is -2.48. The van der Waals surface area contributed by atoms with Gasteiger partial charge in [0.05, 0.1) is 57.5 Å². The number of carbonyl (C=O) groups is 4. The molecule has 13 heteroatoms. The van der Waals surface area contributed by atoms with Gasteiger partial charge in [-0.3, -0.25) is 24.1 Å². The van der Waals surface area contributed by atoms with Crippen molar-refractivity contribution in [1.82, 2.24) is 0 Å². The Morgan fingerprint density at radius 3 is 2.16 bits per heavy atom. The molecule has 4 amide bonds. The Labute approximate surface area is 328 Å². The molecule has 3 fully saturated rings. The number of aromatic hydroxyl groups is 1. The van der Waals surface area contributed by atoms with Crippen LogP contribution in [0.5, 0.6) is 11.5 Å². The number of benzene rings is 4. The fraction of sp³-hybridized carbons (Fsp3) is 0.302. The maximum atomic E-state index is 14.7. The highest BCUT2D eigenvalue weighted by molar-refractivity contribution is 6.32. The van der Waals surface area contributed by atoms with Crippen LogP contribution in [0.3, 0.4) is 0 Å². The molecule has 0 aromatic heterocycles. The number of anilines is 3. The molecule has 4 aliphatic rings. The van der Waals surface area contributed by atoms with Gasteiger partial charge in [0.1, 0.15) is 5.82 Å². The second-order valence-corrected chi connectivity index (χ2v) is 15.5. The number of halogens is 2. The number of allylic oxidation sites excluding steroid dienone is 2. The van der Waals surface area contributed by atoms with Crippen LogP contribution in [0.1, 0.15) is 38.2 Å². The topological polar surface area (TPSA) is 132 Å². The number of phenolic OH excluding ortho intramolecular Hbond substituents is 1. The van der Waals surface area contributed by atoms with E-state index < -0.39 is 52.6 Å². The summed E-state index contributed by atoms with van der Waals surface area (Å²) in [4.78, 5) is 62.1. The molecule has 4 aromatic rings. The van der Waals surface area contributed by atoms with E-state index in [0.29, 0.717) is 22.6 Å². The summed E-state index contributed by atoms with van der Waals surface area (Å²) in [6.45, 7) is 3.80. The van der Waals surface area contributed by atoms with E-state index in [2.05, 4.69) is 10.2 Å². The molecule has 8 rings (SSSR count). The van der Waals surface area contributed by atoms with E-state index in [9.17, 15) is 28.7 Å². The molecule has 6 atom stereocenters. The van der Waals surface area contributed by atoms with Gasteiger partial charge in [-0.25, -0.2) is 9.29 Å². The van der Waals surface area contributed by atoms with E-state index in [1.165, 1.54) is 23.1 Å². The van der Waals surface area contributed by atoms with Crippen LogP contribution < -0.4 is 19.4 Å². The fourth-order valence-corrected chi connectivity index (χ4v) is 9.28. The summed E-state index contributed by atoms with van der Waals surface area (Å²) in [5.74, 6) is -5.95. The van der Waals surface area contributed by atoms with Crippen molar-refractivity contribution in [1.29, 1.82) is 0 Å². The number of carbonyl (C=O) groups excluding carboxylic acids is 4. The molecule has 56 heavy (non-hydrogen) atoms. The summed E-state index contributed by atoms with van der Waals surface area (Å²) in [6, 6.07) is 22.9. The smallest absolute Gasteiger partial charge is 0.241 e. The predicted octanol–water partition coefficient (Wildman–Crippen LogP) is 8.50. The SMILES string of the molecule is CCOc1cc(C2C3=CCC4C(=O)N(c5ccc(N=Nc6ccc(N(C)C)cc6)cc5)C(=O)C4C3CC3C(=O)N(c4ccc(F)c(Cl)c4)C(=O)C32C)ccc1O. The van der Waals surface area contributed by atoms with Crippen LogP contribution in [0.4, 0.5) is 32.8 Å². The molecule has 1 saturated carbocycles. The third-order valence-corrected chi connectivity index (χ3v) is 12.1. The van der Waals surface area contributed by atoms with Crippen LogP contribution in [-0.2, 0) is 19.2 Å². The van der Waals surface area contributed by atoms with E-state index in [1.54, 1.807) is 50.2 Å². The third kappa shape index (κ3) is 5.85. The first-order valence-corrected chi connectivity index (χ1v) is 18.9. The van der Waals surface area contributed by atoms with Crippen molar-refractivity contribution in [3.63, 3.8) is 0 Å². The van der Waals surface area contributed by atoms with Crippen molar-refractivity contribution in [3.8, 4) is 11.5 Å². The number of ether oxygens (including phenoxy) is 1. The molecule has 286 valence electrons. The zero-order valence-corrected chi connectivity index (χ0v) is 31.9. The minimum Gasteiger partial charge on any atom is -0.504 e. The summed E-state index contributed by atoms with van der Waals surface area (Å²) < 4.78 is 20.0. The van der Waals surface area contributed by atoms with Gasteiger partial charge in [-0.1, -0.05) is 29.3 Å². The Hall–Kier alpha value is -5.88. The normalized spacial score (nSPS) is 25.7. The molecule has 0 bridgehead atoms. The Morgan fingerprint density at radius 1 is 0.857 bits per heavy atom. The van der Waals surface area contributed by atoms with Crippen molar-refractivity contribution in [2.75, 3.05) is 35.4 Å². The maximum absolute atomic E-state index is 14.7. The molecular formula is C43H39ClFN5O6. The van der Waals surface area contributed by atoms with Crippen molar-refractivity contribution in [2.45, 2.75) is 32.6 Å². The number of fused-ring (bicyclic) bond motifs is 4. The number of azo groups is 1. The minimum atomic E-state index is -1.35. The zero-order chi connectivity index (χ0) is 39.6. The summed E-state index contributed by atoms with van der Waals surface area (Å²) >= 11 is 6.12. The largest absolute Gasteiger partial charge is 0.504 e. The standard InChI is InChI=1S/C43H39ClFN5O6/c1-5-56-36-20-23(6-19-35(36)51)38-29-16-17-30-37(31(29)22-32-40(53)50(42(55)43(32,38)2)28-15-18-34(45)33(44)21-28)41(54)49(39(30)52)27-13-9-25(10-14-27)47-46-24-7-11-26(12-8-24)48(3)4/h6-16,18-21,30-32,37-38,51H,5,17,22H2,1-4H3. The molecule has 11 nitrogen and oxygen atoms in total. The Morgan fingerprint density at radius 2 is 1.52 bits per heavy atom. The molecule has 2 heterocycles. The Kier molecular flexibility index (Phi) is 9.27. The number of amides is 4. The van der Waals surface area contributed by atoms with Crippen molar-refractivity contribution < 1.29 is 33.4 Å². The number of phenols is 1. The van der Waals surface area contributed by atoms with Crippen LogP contribution in [0.2, 0.25) is 5.02 Å². The first-order valence-electron chi connectivity index (χ1n) is 18.5. The second-order valence-electron chi connectivity index (χ2n) is 15.1. The van der Waals surface area contributed by atoms with Gasteiger partial charge in [0, 0.05) is 25.7 Å². The van der Waals surface area contributed by atoms with E-state index >= 15 is 0 Å². The van der Waals surface area contributed by atoms with Gasteiger partial charge in [-0.05, 0) is 117 Å². The lowest BCUT2D eigenvalue weighted by atomic mass is 9.51. The number of rotatable bonds is 8. The average molecular weight is 776 g/mol. The number of nitrogens with zero attached hydrogens (tertiary/aromatic N) is 5. The number of hydrogen-bond donors (Lipinski definition) is 1. The lowest BCUT2D eigenvalue weighted by Gasteiger charge is -2.49. The lowest BCUT2D eigenvalue weighted by molar-refractivity contribution is -0.131. The Bertz CT molecular complexity index is 2350. The molecule has 2 aliphatic carbocycles. The maximum Gasteiger partial charge on any atom is 0.241 e. The molecule has 2 saturated heterocycles. The summed E-state index contributed by atoms with van der Waals surface area (Å²) in [6.07, 6.45) is 2.33. The van der Waals surface area contributed by atoms with Gasteiger partial charge in [-0.15, -0.1) is 0 Å². The quantitative estimate of drug-likeness (QED) is 0.108. The molecule has 6 unspecified atom stereocenters. The van der Waals surface area contributed by atoms with E-state index in [1.807, 2.05) is 49.3 Å². The van der Waals surface area contributed by atoms with Crippen molar-refractivity contribution in [3.05, 3.63) is 113 Å². The molecular weight excluding hydrogens is 737 g/mol. The Balaban J connectivity index is 1.14. The van der Waals surface area contributed by atoms with Crippen LogP contribution >= 0.6 is 11.6 Å². The summed E-state index contributed by atoms with van der Waals surface area (Å²) in [5, 5.41) is 19.0. The highest BCUT2D eigenvalue weighted by atomic mass is 35.5. The van der Waals surface area contributed by atoms with Crippen LogP contribution in [0, 0.1) is 34.9 Å². The third-order valence-electron chi connectivity index (χ3n) is 11.8. The highest BCUT2D eigenvalue weighted by Crippen LogP contribution is 2.64. The predicted molar refractivity (Wildman–Crippen MR) is 209 cm³/mol. The molecule has 0 radical (unpaired) electrons. The van der Waals surface area contributed by atoms with Crippen LogP contribution in [-0.4, -0.2) is 49.4 Å². The minimum absolute atomic E-state index is 0.0860. The average Bonchev–Trinajstić information content (AvgIpc) is 3.55. The van der Waals surface area contributed by atoms with Gasteiger partial charge < -0.3 is 14.7 Å². The first-order chi connectivity index (χ1) is 26.8. The molecule has 2 aliphatic heterocycles. The molecule has 1 N–H and O–H groups in total. The zero-order valence-electron chi connectivity index (χ0n) is 31.1. The summed E-state index contributed by atoms with van der Waals surface area (Å²) in [7, 11) is 3.91. The van der Waals surface area contributed by atoms with Crippen molar-refractivity contribution in [2.24, 2.45) is 39.3 Å². The monoisotopic (exact) mass is 775 g/mol. The van der Waals surface area contributed by atoms with E-state index in [0.717, 1.165) is 22.2 Å². The molecule has 0 spiro atoms. The van der Waals surface area contributed by atoms with Crippen LogP contribution in [0.25, 0.3) is 0 Å². The highest BCUT2D eigenvalue weighted by Gasteiger charge is 2.67. The van der Waals surface area contributed by atoms with Gasteiger partial charge >= 0.3 is 0 Å². The van der Waals surface area contributed by atoms with Crippen molar-refractivity contribution >= 4 is 63.7 Å². The first kappa shape index (κ1) is 37.1. The van der Waals surface area contributed by atoms with E-state index in [4.69, 9.17) is 16.3 Å². The molecule has 4 aromatic carbocycles. The second kappa shape index (κ2) is 14.0. The van der Waals surface area contributed by atoms with E-state index in [-0.39, 0.29) is 53.5 Å². The van der Waals surface area contributed by atoms with Gasteiger partial charge in [0.2, 0.25) is 23.6 Å². The number of hydrogen-bond acceptors (Lipinski definition) is 9. The van der Waals surface area contributed by atoms with Gasteiger partial charge in [0.25, 0.3) is 0 Å². The van der Waals surface area contributed by atoms with Gasteiger partial charge in [0.15, 0.2) is 11.5 Å².